The molecule has 0 aromatic carbocycles. The molecular weight excluding hydrogens is 466 g/mol. The van der Waals surface area contributed by atoms with Crippen molar-refractivity contribution in [3.63, 3.8) is 0 Å². The number of hydrogen-bond acceptors (Lipinski definition) is 8. The van der Waals surface area contributed by atoms with Gasteiger partial charge in [-0.25, -0.2) is 0 Å². The van der Waals surface area contributed by atoms with Crippen LogP contribution in [0.1, 0.15) is 79.1 Å². The van der Waals surface area contributed by atoms with Crippen LogP contribution in [0.5, 0.6) is 0 Å². The van der Waals surface area contributed by atoms with E-state index in [1.165, 1.54) is 0 Å². The molecule has 9 nitrogen and oxygen atoms in total. The van der Waals surface area contributed by atoms with E-state index in [-0.39, 0.29) is 12.8 Å². The lowest BCUT2D eigenvalue weighted by Gasteiger charge is -2.44. The fourth-order valence-corrected chi connectivity index (χ4v) is 4.04. The minimum Gasteiger partial charge on any atom is -0.455 e. The number of carbonyl (C=O) groups is 2. The Morgan fingerprint density at radius 2 is 1.61 bits per heavy atom. The Labute approximate surface area is 217 Å². The fraction of sp³-hybridized carbons (Fsp3) is 0.852. The lowest BCUT2D eigenvalue weighted by molar-refractivity contribution is -0.883. The van der Waals surface area contributed by atoms with Crippen LogP contribution in [0.15, 0.2) is 0 Å². The Balaban J connectivity index is 3.03. The molecule has 1 aliphatic rings. The van der Waals surface area contributed by atoms with E-state index in [9.17, 15) is 14.7 Å². The van der Waals surface area contributed by atoms with Crippen LogP contribution in [0.25, 0.3) is 0 Å². The summed E-state index contributed by atoms with van der Waals surface area (Å²) >= 11 is 0. The minimum atomic E-state index is -1.11. The largest absolute Gasteiger partial charge is 0.455 e. The molecule has 0 aliphatic carbocycles. The number of hydrogen-bond donors (Lipinski definition) is 1. The zero-order valence-electron chi connectivity index (χ0n) is 23.1. The van der Waals surface area contributed by atoms with Gasteiger partial charge in [-0.3, -0.25) is 9.59 Å². The number of aliphatic hydroxyl groups excluding tert-OH is 1. The van der Waals surface area contributed by atoms with Crippen LogP contribution in [-0.4, -0.2) is 92.3 Å². The molecule has 1 aliphatic heterocycles. The number of nitrogens with zero attached hydrogens (tertiary/aromatic N) is 1. The Hall–Kier alpha value is -1.70. The normalized spacial score (nSPS) is 25.1. The van der Waals surface area contributed by atoms with Gasteiger partial charge in [0, 0.05) is 12.8 Å². The average molecular weight is 515 g/mol. The van der Waals surface area contributed by atoms with Crippen LogP contribution in [0, 0.1) is 12.3 Å². The molecular formula is C27H48NO8+. The van der Waals surface area contributed by atoms with Crippen molar-refractivity contribution in [2.75, 3.05) is 33.8 Å². The monoisotopic (exact) mass is 514 g/mol. The summed E-state index contributed by atoms with van der Waals surface area (Å²) in [4.78, 5) is 24.9. The molecule has 36 heavy (non-hydrogen) atoms. The van der Waals surface area contributed by atoms with Gasteiger partial charge >= 0.3 is 11.9 Å². The van der Waals surface area contributed by atoms with Crippen molar-refractivity contribution >= 4 is 11.9 Å². The number of aliphatic hydroxyl groups is 1. The van der Waals surface area contributed by atoms with Crippen molar-refractivity contribution in [3.05, 3.63) is 0 Å². The summed E-state index contributed by atoms with van der Waals surface area (Å²) in [6, 6.07) is 0. The smallest absolute Gasteiger partial charge is 0.306 e. The molecule has 1 rings (SSSR count). The zero-order chi connectivity index (χ0) is 27.1. The highest BCUT2D eigenvalue weighted by Crippen LogP contribution is 2.31. The summed E-state index contributed by atoms with van der Waals surface area (Å²) in [5, 5.41) is 10.4. The van der Waals surface area contributed by atoms with Gasteiger partial charge in [-0.1, -0.05) is 27.2 Å². The quantitative estimate of drug-likeness (QED) is 0.104. The second-order valence-electron chi connectivity index (χ2n) is 10.1. The molecule has 1 N–H and O–H groups in total. The van der Waals surface area contributed by atoms with E-state index in [4.69, 9.17) is 30.1 Å². The predicted octanol–water partition coefficient (Wildman–Crippen LogP) is 3.17. The number of esters is 2. The van der Waals surface area contributed by atoms with Gasteiger partial charge < -0.3 is 33.3 Å². The summed E-state index contributed by atoms with van der Waals surface area (Å²) in [6.07, 6.45) is 4.42. The fourth-order valence-electron chi connectivity index (χ4n) is 4.04. The standard InChI is InChI=1S/C27H48NO8/c1-8-14-21(29)34-24-20(5)33-27(32-19-13-12-18-28(6,7)17-11-4)26(36-23(31)16-10-3)25(24)35-22(30)15-9-2/h4,20,23-27,31H,8-10,12-19H2,1-3,5-7H3/q+1/t20-,23?,24-,25+,26+,27+/m0/s1. The van der Waals surface area contributed by atoms with Gasteiger partial charge in [0.05, 0.1) is 33.4 Å². The molecule has 0 spiro atoms. The topological polar surface area (TPSA) is 101 Å². The van der Waals surface area contributed by atoms with Crippen molar-refractivity contribution < 1.29 is 42.9 Å². The number of quaternary nitrogens is 1. The SMILES string of the molecule is C#CC[N+](C)(C)CCCCO[C@@H]1O[C@@H](C)[C@H](OC(=O)CCC)[C@@H](OC(=O)CCC)[C@H]1OC(O)CCC. The van der Waals surface area contributed by atoms with Crippen molar-refractivity contribution in [2.24, 2.45) is 0 Å². The summed E-state index contributed by atoms with van der Waals surface area (Å²) in [5.74, 6) is 1.86. The van der Waals surface area contributed by atoms with Crippen LogP contribution in [0.3, 0.4) is 0 Å². The van der Waals surface area contributed by atoms with E-state index < -0.39 is 48.9 Å². The highest BCUT2D eigenvalue weighted by Gasteiger charge is 2.50. The molecule has 0 amide bonds. The third kappa shape index (κ3) is 11.6. The molecule has 1 fully saturated rings. The maximum Gasteiger partial charge on any atom is 0.306 e. The summed E-state index contributed by atoms with van der Waals surface area (Å²) < 4.78 is 30.2. The van der Waals surface area contributed by atoms with Gasteiger partial charge in [-0.2, -0.15) is 0 Å². The first-order chi connectivity index (χ1) is 17.1. The van der Waals surface area contributed by atoms with E-state index in [1.54, 1.807) is 6.92 Å². The van der Waals surface area contributed by atoms with Crippen LogP contribution in [0.2, 0.25) is 0 Å². The molecule has 1 unspecified atom stereocenters. The van der Waals surface area contributed by atoms with Crippen LogP contribution in [0.4, 0.5) is 0 Å². The van der Waals surface area contributed by atoms with E-state index in [1.807, 2.05) is 20.8 Å². The summed E-state index contributed by atoms with van der Waals surface area (Å²) in [6.45, 7) is 9.36. The highest BCUT2D eigenvalue weighted by atomic mass is 16.7. The third-order valence-electron chi connectivity index (χ3n) is 5.98. The number of ether oxygens (including phenoxy) is 5. The first kappa shape index (κ1) is 32.3. The molecule has 0 aromatic rings. The van der Waals surface area contributed by atoms with E-state index in [0.717, 1.165) is 23.9 Å². The highest BCUT2D eigenvalue weighted by molar-refractivity contribution is 5.70. The van der Waals surface area contributed by atoms with Gasteiger partial charge in [0.25, 0.3) is 0 Å². The molecule has 0 radical (unpaired) electrons. The van der Waals surface area contributed by atoms with Gasteiger partial charge in [-0.05, 0) is 44.9 Å². The van der Waals surface area contributed by atoms with Crippen molar-refractivity contribution in [2.45, 2.75) is 116 Å². The maximum absolute atomic E-state index is 12.5. The van der Waals surface area contributed by atoms with Crippen LogP contribution < -0.4 is 0 Å². The first-order valence-electron chi connectivity index (χ1n) is 13.3. The molecule has 208 valence electrons. The second kappa shape index (κ2) is 16.9. The second-order valence-corrected chi connectivity index (χ2v) is 10.1. The van der Waals surface area contributed by atoms with Crippen molar-refractivity contribution in [1.82, 2.24) is 0 Å². The van der Waals surface area contributed by atoms with Gasteiger partial charge in [-0.15, -0.1) is 6.42 Å². The lowest BCUT2D eigenvalue weighted by atomic mass is 9.98. The van der Waals surface area contributed by atoms with E-state index in [2.05, 4.69) is 20.0 Å². The summed E-state index contributed by atoms with van der Waals surface area (Å²) in [5.41, 5.74) is 0. The molecule has 1 saturated heterocycles. The Morgan fingerprint density at radius 1 is 1.00 bits per heavy atom. The van der Waals surface area contributed by atoms with E-state index >= 15 is 0 Å². The lowest BCUT2D eigenvalue weighted by Crippen LogP contribution is -2.61. The minimum absolute atomic E-state index is 0.211. The molecule has 1 heterocycles. The number of carbonyl (C=O) groups excluding carboxylic acids is 2. The van der Waals surface area contributed by atoms with Crippen LogP contribution in [-0.2, 0) is 33.3 Å². The molecule has 0 saturated carbocycles. The van der Waals surface area contributed by atoms with Crippen molar-refractivity contribution in [1.29, 1.82) is 0 Å². The maximum atomic E-state index is 12.5. The average Bonchev–Trinajstić information content (AvgIpc) is 2.78. The third-order valence-corrected chi connectivity index (χ3v) is 5.98. The molecule has 0 aromatic heterocycles. The number of unbranched alkanes of at least 4 members (excludes halogenated alkanes) is 1. The Kier molecular flexibility index (Phi) is 15.2. The summed E-state index contributed by atoms with van der Waals surface area (Å²) in [7, 11) is 4.17. The molecule has 9 heteroatoms. The number of rotatable bonds is 17. The van der Waals surface area contributed by atoms with E-state index in [0.29, 0.717) is 38.8 Å². The van der Waals surface area contributed by atoms with Crippen LogP contribution >= 0.6 is 0 Å². The Bertz CT molecular complexity index is 692. The predicted molar refractivity (Wildman–Crippen MR) is 136 cm³/mol. The Morgan fingerprint density at radius 3 is 2.17 bits per heavy atom. The zero-order valence-corrected chi connectivity index (χ0v) is 23.1. The van der Waals surface area contributed by atoms with Gasteiger partial charge in [0.2, 0.25) is 0 Å². The molecule has 6 atom stereocenters. The van der Waals surface area contributed by atoms with Crippen molar-refractivity contribution in [3.8, 4) is 12.3 Å². The number of terminal acetylenes is 1. The molecule has 0 bridgehead atoms. The van der Waals surface area contributed by atoms with Gasteiger partial charge in [0.15, 0.2) is 30.9 Å². The first-order valence-corrected chi connectivity index (χ1v) is 13.3. The van der Waals surface area contributed by atoms with Gasteiger partial charge in [0.1, 0.15) is 6.54 Å².